The Kier molecular flexibility index (Phi) is 3.13. The number of quaternary nitrogens is 1. The van der Waals surface area contributed by atoms with E-state index in [-0.39, 0.29) is 22.1 Å². The molecule has 0 saturated heterocycles. The maximum atomic E-state index is 13.6. The summed E-state index contributed by atoms with van der Waals surface area (Å²) in [5.41, 5.74) is -3.99. The summed E-state index contributed by atoms with van der Waals surface area (Å²) in [6, 6.07) is -3.87. The molecule has 144 valence electrons. The van der Waals surface area contributed by atoms with Crippen molar-refractivity contribution >= 4 is 11.8 Å². The molecule has 6 nitrogen and oxygen atoms in total. The standard InChI is InChI=1S/C21H28N4O2/c1-7-21(6,25-20(27)18-12-22-9-8-13(18)2)16(5)24-19(26)17-10-14(3)15(4)23-11-17/h8-12,16H,7H2,1-6H3,(H,24,26)(H,25,27)/p+1/i7D2,8D,9D,10D,11D,12D,16D/hD3. The summed E-state index contributed by atoms with van der Waals surface area (Å²) >= 11 is 0. The average molecular weight is 381 g/mol. The number of hydrogen-bond donors (Lipinski definition) is 2. The van der Waals surface area contributed by atoms with Crippen LogP contribution in [0, 0.1) is 20.8 Å². The highest BCUT2D eigenvalue weighted by molar-refractivity contribution is 5.94. The highest BCUT2D eigenvalue weighted by Gasteiger charge is 2.37. The SMILES string of the molecule is [2H]c1nc([2H])c(C(=O)[N+]([2H])([2H])C(C)(C([2H])([2H])C)C([2H])(C)N([2H])C(=O)c2c([2H])nc(C)c(C)c2[2H])c(C)c1[2H]. The second-order valence-electron chi connectivity index (χ2n) is 6.14. The van der Waals surface area contributed by atoms with Gasteiger partial charge in [0, 0.05) is 33.3 Å². The molecule has 2 aromatic rings. The molecule has 2 amide bonds. The number of carbonyl (C=O) groups is 2. The molecule has 3 N–H and O–H groups in total. The normalized spacial score (nSPS) is 22.4. The molecule has 2 rings (SSSR count). The molecule has 0 spiro atoms. The number of nitrogens with zero attached hydrogens (tertiary/aromatic N) is 2. The van der Waals surface area contributed by atoms with Crippen LogP contribution in [0.15, 0.2) is 30.6 Å². The number of primary amides is 1. The van der Waals surface area contributed by atoms with Gasteiger partial charge in [0.15, 0.2) is 1.41 Å². The van der Waals surface area contributed by atoms with E-state index in [0.29, 0.717) is 0 Å². The number of aryl methyl sites for hydroxylation is 1. The third kappa shape index (κ3) is 4.77. The monoisotopic (exact) mass is 380 g/mol. The highest BCUT2D eigenvalue weighted by atomic mass is 16.2. The first-order valence-electron chi connectivity index (χ1n) is 13.5. The minimum Gasteiger partial charge on any atom is -0.343 e. The fourth-order valence-electron chi connectivity index (χ4n) is 2.07. The molecular weight excluding hydrogens is 340 g/mol. The minimum absolute atomic E-state index is 0.0882. The first-order valence-corrected chi connectivity index (χ1v) is 8.20. The molecule has 0 aliphatic rings. The summed E-state index contributed by atoms with van der Waals surface area (Å²) in [7, 11) is 0. The van der Waals surface area contributed by atoms with Crippen molar-refractivity contribution < 1.29 is 30.1 Å². The molecule has 0 saturated carbocycles. The maximum Gasteiger partial charge on any atom is 0.355 e. The molecule has 2 aromatic heterocycles. The Hall–Kier alpha value is -2.60. The van der Waals surface area contributed by atoms with Crippen molar-refractivity contribution in [2.45, 2.75) is 59.5 Å². The molecule has 0 aliphatic carbocycles. The Morgan fingerprint density at radius 2 is 2.15 bits per heavy atom. The van der Waals surface area contributed by atoms with E-state index in [1.165, 1.54) is 20.8 Å². The molecule has 27 heavy (non-hydrogen) atoms. The van der Waals surface area contributed by atoms with Gasteiger partial charge in [-0.3, -0.25) is 20.1 Å². The second kappa shape index (κ2) is 8.39. The molecule has 0 radical (unpaired) electrons. The van der Waals surface area contributed by atoms with E-state index >= 15 is 0 Å². The van der Waals surface area contributed by atoms with Crippen LogP contribution in [0.4, 0.5) is 0 Å². The number of pyridine rings is 2. The van der Waals surface area contributed by atoms with Crippen molar-refractivity contribution in [3.8, 4) is 0 Å². The summed E-state index contributed by atoms with van der Waals surface area (Å²) in [5.74, 6) is -2.97. The van der Waals surface area contributed by atoms with Crippen LogP contribution < -0.4 is 10.6 Å². The first kappa shape index (κ1) is 10.1. The Labute approximate surface area is 176 Å². The summed E-state index contributed by atoms with van der Waals surface area (Å²) < 4.78 is 91.6. The van der Waals surface area contributed by atoms with E-state index < -0.39 is 76.8 Å². The van der Waals surface area contributed by atoms with Gasteiger partial charge < -0.3 is 5.31 Å². The van der Waals surface area contributed by atoms with Crippen molar-refractivity contribution in [2.24, 2.45) is 0 Å². The summed E-state index contributed by atoms with van der Waals surface area (Å²) in [5, 5.41) is -2.58. The molecule has 0 bridgehead atoms. The number of aromatic nitrogens is 2. The summed E-state index contributed by atoms with van der Waals surface area (Å²) in [6.07, 6.45) is -4.91. The van der Waals surface area contributed by atoms with Gasteiger partial charge in [0.2, 0.25) is 0 Å². The highest BCUT2D eigenvalue weighted by Crippen LogP contribution is 2.13. The third-order valence-corrected chi connectivity index (χ3v) is 4.25. The van der Waals surface area contributed by atoms with Gasteiger partial charge in [0.05, 0.1) is 19.8 Å². The summed E-state index contributed by atoms with van der Waals surface area (Å²) in [4.78, 5) is 34.3. The largest absolute Gasteiger partial charge is 0.355 e. The quantitative estimate of drug-likeness (QED) is 0.803. The molecular formula is C21H29N4O2+. The topological polar surface area (TPSA) is 88.6 Å². The van der Waals surface area contributed by atoms with Crippen molar-refractivity contribution in [2.75, 3.05) is 0 Å². The lowest BCUT2D eigenvalue weighted by atomic mass is 9.89. The van der Waals surface area contributed by atoms with E-state index in [2.05, 4.69) is 9.97 Å². The van der Waals surface area contributed by atoms with Crippen LogP contribution in [0.2, 0.25) is 4.24 Å². The van der Waals surface area contributed by atoms with E-state index in [9.17, 15) is 9.59 Å². The Morgan fingerprint density at radius 1 is 1.44 bits per heavy atom. The van der Waals surface area contributed by atoms with Crippen molar-refractivity contribution in [1.29, 1.82) is 0 Å². The van der Waals surface area contributed by atoms with Gasteiger partial charge in [-0.1, -0.05) is 6.92 Å². The fourth-order valence-corrected chi connectivity index (χ4v) is 2.07. The van der Waals surface area contributed by atoms with Crippen LogP contribution in [0.5, 0.6) is 0 Å². The zero-order valence-electron chi connectivity index (χ0n) is 27.1. The Balaban J connectivity index is 2.80. The zero-order chi connectivity index (χ0) is 29.9. The zero-order valence-corrected chi connectivity index (χ0v) is 16.1. The lowest BCUT2D eigenvalue weighted by Gasteiger charge is -2.32. The van der Waals surface area contributed by atoms with Crippen molar-refractivity contribution in [3.63, 3.8) is 0 Å². The third-order valence-electron chi connectivity index (χ3n) is 4.25. The predicted octanol–water partition coefficient (Wildman–Crippen LogP) is 2.09. The Morgan fingerprint density at radius 3 is 2.81 bits per heavy atom. The number of carbonyl (C=O) groups excluding carboxylic acids is 2. The van der Waals surface area contributed by atoms with E-state index in [4.69, 9.17) is 15.2 Å². The van der Waals surface area contributed by atoms with Crippen LogP contribution >= 0.6 is 0 Å². The molecule has 2 atom stereocenters. The average Bonchev–Trinajstić information content (AvgIpc) is 2.78. The second-order valence-corrected chi connectivity index (χ2v) is 6.14. The van der Waals surface area contributed by atoms with E-state index in [1.54, 1.807) is 0 Å². The lowest BCUT2D eigenvalue weighted by molar-refractivity contribution is -0.638. The smallest absolute Gasteiger partial charge is 0.343 e. The molecule has 0 aliphatic heterocycles. The Bertz CT molecular complexity index is 1330. The van der Waals surface area contributed by atoms with E-state index in [0.717, 1.165) is 20.8 Å². The van der Waals surface area contributed by atoms with Crippen molar-refractivity contribution in [3.05, 3.63) is 58.6 Å². The first-order chi connectivity index (χ1) is 17.0. The fraction of sp³-hybridized carbons (Fsp3) is 0.429. The van der Waals surface area contributed by atoms with Crippen LogP contribution in [0.25, 0.3) is 0 Å². The lowest BCUT2D eigenvalue weighted by Crippen LogP contribution is -3.02. The van der Waals surface area contributed by atoms with Crippen LogP contribution in [0.1, 0.15) is 75.6 Å². The van der Waals surface area contributed by atoms with Crippen molar-refractivity contribution in [1.82, 2.24) is 15.3 Å². The van der Waals surface area contributed by atoms with Gasteiger partial charge in [0.25, 0.3) is 5.91 Å². The van der Waals surface area contributed by atoms with Crippen LogP contribution in [-0.4, -0.2) is 33.3 Å². The number of amides is 2. The molecule has 2 unspecified atom stereocenters. The molecule has 2 heterocycles. The van der Waals surface area contributed by atoms with Gasteiger partial charge in [-0.25, -0.2) is 4.79 Å². The molecule has 6 heteroatoms. The maximum absolute atomic E-state index is 13.6. The van der Waals surface area contributed by atoms with Crippen LogP contribution in [0.3, 0.4) is 0 Å². The summed E-state index contributed by atoms with van der Waals surface area (Å²) in [6.45, 7) is 6.74. The van der Waals surface area contributed by atoms with Gasteiger partial charge in [0.1, 0.15) is 11.1 Å². The van der Waals surface area contributed by atoms with Gasteiger partial charge in [-0.15, -0.1) is 0 Å². The van der Waals surface area contributed by atoms with Gasteiger partial charge >= 0.3 is 8.73 Å². The molecule has 0 fully saturated rings. The number of rotatable bonds is 6. The van der Waals surface area contributed by atoms with Gasteiger partial charge in [-0.05, 0) is 57.8 Å². The number of nitrogens with one attached hydrogen (secondary N) is 1. The minimum atomic E-state index is -2.89. The molecule has 0 aromatic carbocycles. The predicted molar refractivity (Wildman–Crippen MR) is 105 cm³/mol. The number of nitrogens with two attached hydrogens (primary N) is 1. The van der Waals surface area contributed by atoms with Crippen LogP contribution in [-0.2, 0) is 0 Å². The van der Waals surface area contributed by atoms with E-state index in [1.807, 2.05) is 0 Å². The number of hydrogen-bond acceptors (Lipinski definition) is 4. The van der Waals surface area contributed by atoms with Gasteiger partial charge in [-0.2, -0.15) is 0 Å².